The van der Waals surface area contributed by atoms with Gasteiger partial charge >= 0.3 is 0 Å². The van der Waals surface area contributed by atoms with E-state index in [0.717, 1.165) is 17.7 Å². The van der Waals surface area contributed by atoms with Gasteiger partial charge < -0.3 is 5.32 Å². The number of carbonyl (C=O) groups is 1. The summed E-state index contributed by atoms with van der Waals surface area (Å²) in [5.41, 5.74) is 1.69. The fraction of sp³-hybridized carbons (Fsp3) is 0.458. The highest BCUT2D eigenvalue weighted by Gasteiger charge is 2.33. The average molecular weight is 460 g/mol. The van der Waals surface area contributed by atoms with Crippen LogP contribution >= 0.6 is 0 Å². The first kappa shape index (κ1) is 22.9. The Hall–Kier alpha value is -2.29. The first-order chi connectivity index (χ1) is 15.3. The molecule has 4 rings (SSSR count). The zero-order chi connectivity index (χ0) is 22.7. The molecule has 1 saturated carbocycles. The molecule has 2 aromatic carbocycles. The van der Waals surface area contributed by atoms with Crippen LogP contribution in [0, 0.1) is 12.7 Å². The smallest absolute Gasteiger partial charge is 0.255 e. The van der Waals surface area contributed by atoms with Crippen molar-refractivity contribution in [2.45, 2.75) is 50.0 Å². The minimum Gasteiger partial charge on any atom is -0.322 e. The topological polar surface area (TPSA) is 69.7 Å². The Morgan fingerprint density at radius 3 is 2.41 bits per heavy atom. The maximum Gasteiger partial charge on any atom is 0.255 e. The molecule has 8 heteroatoms. The Morgan fingerprint density at radius 2 is 1.72 bits per heavy atom. The van der Waals surface area contributed by atoms with Gasteiger partial charge in [0, 0.05) is 43.5 Å². The number of piperazine rings is 1. The first-order valence-electron chi connectivity index (χ1n) is 11.3. The lowest BCUT2D eigenvalue weighted by atomic mass is 9.94. The van der Waals surface area contributed by atoms with E-state index < -0.39 is 26.6 Å². The molecule has 1 saturated heterocycles. The van der Waals surface area contributed by atoms with E-state index in [-0.39, 0.29) is 5.56 Å². The molecule has 0 aromatic heterocycles. The number of amides is 1. The molecule has 2 aromatic rings. The molecule has 172 valence electrons. The lowest BCUT2D eigenvalue weighted by Gasteiger charge is -2.40. The molecule has 1 N–H and O–H groups in total. The van der Waals surface area contributed by atoms with Crippen molar-refractivity contribution in [2.75, 3.05) is 31.5 Å². The first-order valence-corrected chi connectivity index (χ1v) is 12.7. The fourth-order valence-electron chi connectivity index (χ4n) is 4.66. The van der Waals surface area contributed by atoms with Crippen LogP contribution in [0.5, 0.6) is 0 Å². The Labute approximate surface area is 189 Å². The van der Waals surface area contributed by atoms with E-state index in [1.54, 1.807) is 6.07 Å². The van der Waals surface area contributed by atoms with E-state index >= 15 is 0 Å². The molecule has 0 radical (unpaired) electrons. The number of carbonyl (C=O) groups excluding carboxylic acids is 1. The van der Waals surface area contributed by atoms with Crippen molar-refractivity contribution >= 4 is 21.6 Å². The number of nitrogens with one attached hydrogen (secondary N) is 1. The molecule has 6 nitrogen and oxygen atoms in total. The van der Waals surface area contributed by atoms with Crippen LogP contribution in [-0.2, 0) is 10.0 Å². The molecule has 2 fully saturated rings. The highest BCUT2D eigenvalue weighted by Crippen LogP contribution is 2.26. The van der Waals surface area contributed by atoms with Gasteiger partial charge in [0.25, 0.3) is 5.91 Å². The van der Waals surface area contributed by atoms with Crippen LogP contribution in [0.2, 0.25) is 0 Å². The van der Waals surface area contributed by atoms with Gasteiger partial charge in [-0.25, -0.2) is 12.8 Å². The second-order valence-electron chi connectivity index (χ2n) is 8.70. The maximum atomic E-state index is 14.6. The quantitative estimate of drug-likeness (QED) is 0.733. The Bertz CT molecular complexity index is 1080. The van der Waals surface area contributed by atoms with E-state index in [2.05, 4.69) is 10.2 Å². The molecular formula is C24H30FN3O3S. The molecule has 0 bridgehead atoms. The normalized spacial score (nSPS) is 19.1. The summed E-state index contributed by atoms with van der Waals surface area (Å²) in [7, 11) is -4.03. The number of hydrogen-bond acceptors (Lipinski definition) is 4. The summed E-state index contributed by atoms with van der Waals surface area (Å²) >= 11 is 0. The number of hydrogen-bond donors (Lipinski definition) is 1. The standard InChI is InChI=1S/C24H30FN3O3S/c1-18-6-5-7-20(16-18)26-24(29)19-10-11-22(25)23(17-19)32(30,31)28-14-12-27(13-15-28)21-8-3-2-4-9-21/h5-7,10-11,16-17,21H,2-4,8-9,12-15H2,1H3,(H,26,29). The van der Waals surface area contributed by atoms with Gasteiger partial charge in [-0.3, -0.25) is 9.69 Å². The van der Waals surface area contributed by atoms with E-state index in [0.29, 0.717) is 37.9 Å². The van der Waals surface area contributed by atoms with Crippen LogP contribution in [0.25, 0.3) is 0 Å². The van der Waals surface area contributed by atoms with Crippen molar-refractivity contribution in [1.82, 2.24) is 9.21 Å². The zero-order valence-corrected chi connectivity index (χ0v) is 19.2. The van der Waals surface area contributed by atoms with Crippen LogP contribution in [0.1, 0.15) is 48.0 Å². The number of sulfonamides is 1. The SMILES string of the molecule is Cc1cccc(NC(=O)c2ccc(F)c(S(=O)(=O)N3CCN(C4CCCCC4)CC3)c2)c1. The van der Waals surface area contributed by atoms with Gasteiger partial charge in [0.2, 0.25) is 10.0 Å². The molecule has 1 aliphatic carbocycles. The van der Waals surface area contributed by atoms with Gasteiger partial charge in [-0.1, -0.05) is 31.4 Å². The summed E-state index contributed by atoms with van der Waals surface area (Å²) in [4.78, 5) is 14.6. The Balaban J connectivity index is 1.48. The third-order valence-corrected chi connectivity index (χ3v) is 8.37. The number of rotatable bonds is 5. The van der Waals surface area contributed by atoms with Gasteiger partial charge in [-0.15, -0.1) is 0 Å². The third-order valence-electron chi connectivity index (χ3n) is 6.45. The van der Waals surface area contributed by atoms with Crippen LogP contribution < -0.4 is 5.32 Å². The van der Waals surface area contributed by atoms with Gasteiger partial charge in [0.05, 0.1) is 0 Å². The fourth-order valence-corrected chi connectivity index (χ4v) is 6.18. The lowest BCUT2D eigenvalue weighted by molar-refractivity contribution is 0.102. The van der Waals surface area contributed by atoms with Crippen molar-refractivity contribution in [3.8, 4) is 0 Å². The summed E-state index contributed by atoms with van der Waals surface area (Å²) in [5, 5.41) is 2.74. The molecule has 1 amide bonds. The van der Waals surface area contributed by atoms with Crippen molar-refractivity contribution in [1.29, 1.82) is 0 Å². The van der Waals surface area contributed by atoms with Crippen molar-refractivity contribution in [2.24, 2.45) is 0 Å². The lowest BCUT2D eigenvalue weighted by Crippen LogP contribution is -2.52. The van der Waals surface area contributed by atoms with Gasteiger partial charge in [0.15, 0.2) is 0 Å². The van der Waals surface area contributed by atoms with E-state index in [9.17, 15) is 17.6 Å². The number of aryl methyl sites for hydroxylation is 1. The van der Waals surface area contributed by atoms with Crippen molar-refractivity contribution in [3.05, 3.63) is 59.4 Å². The molecule has 0 atom stereocenters. The van der Waals surface area contributed by atoms with E-state index in [1.807, 2.05) is 25.1 Å². The van der Waals surface area contributed by atoms with Crippen LogP contribution in [0.4, 0.5) is 10.1 Å². The Morgan fingerprint density at radius 1 is 1.00 bits per heavy atom. The highest BCUT2D eigenvalue weighted by atomic mass is 32.2. The molecule has 0 unspecified atom stereocenters. The number of anilines is 1. The van der Waals surface area contributed by atoms with Crippen LogP contribution in [-0.4, -0.2) is 55.8 Å². The molecule has 1 heterocycles. The minimum absolute atomic E-state index is 0.104. The van der Waals surface area contributed by atoms with Gasteiger partial charge in [-0.2, -0.15) is 4.31 Å². The molecule has 2 aliphatic rings. The Kier molecular flexibility index (Phi) is 6.93. The molecular weight excluding hydrogens is 429 g/mol. The van der Waals surface area contributed by atoms with Crippen molar-refractivity contribution in [3.63, 3.8) is 0 Å². The molecule has 0 spiro atoms. The predicted octanol–water partition coefficient (Wildman–Crippen LogP) is 4.03. The maximum absolute atomic E-state index is 14.6. The molecule has 1 aliphatic heterocycles. The summed E-state index contributed by atoms with van der Waals surface area (Å²) < 4.78 is 42.3. The van der Waals surface area contributed by atoms with Crippen LogP contribution in [0.15, 0.2) is 47.4 Å². The zero-order valence-electron chi connectivity index (χ0n) is 18.4. The number of halogens is 1. The van der Waals surface area contributed by atoms with Gasteiger partial charge in [-0.05, 0) is 55.7 Å². The number of nitrogens with zero attached hydrogens (tertiary/aromatic N) is 2. The summed E-state index contributed by atoms with van der Waals surface area (Å²) in [6.45, 7) is 3.88. The van der Waals surface area contributed by atoms with Gasteiger partial charge in [0.1, 0.15) is 10.7 Å². The second-order valence-corrected chi connectivity index (χ2v) is 10.6. The average Bonchev–Trinajstić information content (AvgIpc) is 2.80. The predicted molar refractivity (Wildman–Crippen MR) is 123 cm³/mol. The van der Waals surface area contributed by atoms with E-state index in [4.69, 9.17) is 0 Å². The second kappa shape index (κ2) is 9.68. The summed E-state index contributed by atoms with van der Waals surface area (Å²) in [6.07, 6.45) is 6.06. The highest BCUT2D eigenvalue weighted by molar-refractivity contribution is 7.89. The minimum atomic E-state index is -4.03. The largest absolute Gasteiger partial charge is 0.322 e. The van der Waals surface area contributed by atoms with E-state index in [1.165, 1.54) is 42.5 Å². The molecule has 32 heavy (non-hydrogen) atoms. The summed E-state index contributed by atoms with van der Waals surface area (Å²) in [6, 6.07) is 11.3. The van der Waals surface area contributed by atoms with Crippen molar-refractivity contribution < 1.29 is 17.6 Å². The monoisotopic (exact) mass is 459 g/mol. The third kappa shape index (κ3) is 5.03. The summed E-state index contributed by atoms with van der Waals surface area (Å²) in [5.74, 6) is -1.32. The van der Waals surface area contributed by atoms with Crippen LogP contribution in [0.3, 0.4) is 0 Å². The number of benzene rings is 2.